The number of hydrogen-bond acceptors (Lipinski definition) is 5. The molecule has 0 saturated carbocycles. The van der Waals surface area contributed by atoms with Gasteiger partial charge in [-0.25, -0.2) is 0 Å². The van der Waals surface area contributed by atoms with Gasteiger partial charge < -0.3 is 4.74 Å². The molecule has 0 aromatic carbocycles. The Morgan fingerprint density at radius 1 is 0.960 bits per heavy atom. The van der Waals surface area contributed by atoms with Crippen molar-refractivity contribution >= 4 is 0 Å². The highest BCUT2D eigenvalue weighted by Gasteiger charge is 2.22. The number of hydrogen-bond donors (Lipinski definition) is 0. The van der Waals surface area contributed by atoms with Gasteiger partial charge >= 0.3 is 0 Å². The molecule has 5 nitrogen and oxygen atoms in total. The molecule has 2 aromatic heterocycles. The second-order valence-electron chi connectivity index (χ2n) is 6.98. The summed E-state index contributed by atoms with van der Waals surface area (Å²) >= 11 is 0. The average molecular weight is 338 g/mol. The number of nitrogens with zero attached hydrogens (tertiary/aromatic N) is 4. The topological polar surface area (TPSA) is 41.5 Å². The molecule has 2 saturated heterocycles. The van der Waals surface area contributed by atoms with Crippen molar-refractivity contribution in [3.63, 3.8) is 0 Å². The SMILES string of the molecule is c1ccc(-c2ccc(CN3CCN(CC4CCCO4)CC3)cn2)nc1. The molecule has 25 heavy (non-hydrogen) atoms. The predicted molar refractivity (Wildman–Crippen MR) is 98.2 cm³/mol. The zero-order valence-electron chi connectivity index (χ0n) is 14.7. The molecule has 4 rings (SSSR count). The third-order valence-electron chi connectivity index (χ3n) is 5.11. The van der Waals surface area contributed by atoms with Crippen molar-refractivity contribution in [1.29, 1.82) is 0 Å². The monoisotopic (exact) mass is 338 g/mol. The maximum atomic E-state index is 5.76. The maximum Gasteiger partial charge on any atom is 0.0886 e. The highest BCUT2D eigenvalue weighted by molar-refractivity contribution is 5.53. The average Bonchev–Trinajstić information content (AvgIpc) is 3.18. The van der Waals surface area contributed by atoms with E-state index in [9.17, 15) is 0 Å². The van der Waals surface area contributed by atoms with Crippen molar-refractivity contribution in [2.75, 3.05) is 39.3 Å². The lowest BCUT2D eigenvalue weighted by Gasteiger charge is -2.35. The summed E-state index contributed by atoms with van der Waals surface area (Å²) in [5.41, 5.74) is 3.13. The second kappa shape index (κ2) is 8.04. The van der Waals surface area contributed by atoms with Crippen molar-refractivity contribution in [3.8, 4) is 11.4 Å². The zero-order chi connectivity index (χ0) is 16.9. The summed E-state index contributed by atoms with van der Waals surface area (Å²) in [5.74, 6) is 0. The molecule has 0 spiro atoms. The molecule has 2 aromatic rings. The first-order valence-corrected chi connectivity index (χ1v) is 9.29. The first kappa shape index (κ1) is 16.6. The molecule has 0 radical (unpaired) electrons. The molecule has 0 amide bonds. The molecule has 1 atom stereocenters. The number of aromatic nitrogens is 2. The van der Waals surface area contributed by atoms with Crippen LogP contribution in [0.15, 0.2) is 42.7 Å². The van der Waals surface area contributed by atoms with E-state index < -0.39 is 0 Å². The molecule has 2 aliphatic heterocycles. The standard InChI is InChI=1S/C20H26N4O/c1-2-8-21-19(5-1)20-7-6-17(14-22-20)15-23-9-11-24(12-10-23)16-18-4-3-13-25-18/h1-2,5-8,14,18H,3-4,9-13,15-16H2. The van der Waals surface area contributed by atoms with E-state index in [4.69, 9.17) is 4.74 Å². The fourth-order valence-electron chi connectivity index (χ4n) is 3.65. The minimum atomic E-state index is 0.467. The van der Waals surface area contributed by atoms with Gasteiger partial charge in [0.1, 0.15) is 0 Å². The van der Waals surface area contributed by atoms with Crippen LogP contribution < -0.4 is 0 Å². The van der Waals surface area contributed by atoms with Crippen LogP contribution in [-0.4, -0.2) is 65.2 Å². The summed E-state index contributed by atoms with van der Waals surface area (Å²) in [6, 6.07) is 10.2. The second-order valence-corrected chi connectivity index (χ2v) is 6.98. The van der Waals surface area contributed by atoms with Gasteiger partial charge in [-0.1, -0.05) is 12.1 Å². The quantitative estimate of drug-likeness (QED) is 0.838. The molecule has 132 valence electrons. The Morgan fingerprint density at radius 3 is 2.48 bits per heavy atom. The van der Waals surface area contributed by atoms with Crippen LogP contribution in [0.1, 0.15) is 18.4 Å². The van der Waals surface area contributed by atoms with Gasteiger partial charge in [0.2, 0.25) is 0 Å². The lowest BCUT2D eigenvalue weighted by Crippen LogP contribution is -2.48. The van der Waals surface area contributed by atoms with Gasteiger partial charge in [-0.05, 0) is 36.6 Å². The van der Waals surface area contributed by atoms with E-state index in [0.717, 1.165) is 57.3 Å². The third-order valence-corrected chi connectivity index (χ3v) is 5.11. The summed E-state index contributed by atoms with van der Waals surface area (Å²) in [6.07, 6.45) is 6.72. The lowest BCUT2D eigenvalue weighted by molar-refractivity contribution is 0.0489. The fourth-order valence-corrected chi connectivity index (χ4v) is 3.65. The van der Waals surface area contributed by atoms with Crippen molar-refractivity contribution in [1.82, 2.24) is 19.8 Å². The van der Waals surface area contributed by atoms with Crippen LogP contribution in [0.25, 0.3) is 11.4 Å². The number of piperazine rings is 1. The highest BCUT2D eigenvalue weighted by Crippen LogP contribution is 2.17. The van der Waals surface area contributed by atoms with Crippen LogP contribution in [0.2, 0.25) is 0 Å². The van der Waals surface area contributed by atoms with Crippen molar-refractivity contribution in [3.05, 3.63) is 48.3 Å². The Balaban J connectivity index is 1.27. The van der Waals surface area contributed by atoms with E-state index in [1.807, 2.05) is 24.4 Å². The number of pyridine rings is 2. The highest BCUT2D eigenvalue weighted by atomic mass is 16.5. The molecule has 5 heteroatoms. The van der Waals surface area contributed by atoms with Crippen LogP contribution >= 0.6 is 0 Å². The van der Waals surface area contributed by atoms with Crippen molar-refractivity contribution in [2.24, 2.45) is 0 Å². The van der Waals surface area contributed by atoms with Gasteiger partial charge in [-0.15, -0.1) is 0 Å². The Morgan fingerprint density at radius 2 is 1.80 bits per heavy atom. The fraction of sp³-hybridized carbons (Fsp3) is 0.500. The molecule has 0 N–H and O–H groups in total. The molecule has 1 unspecified atom stereocenters. The normalized spacial score (nSPS) is 22.3. The van der Waals surface area contributed by atoms with E-state index >= 15 is 0 Å². The Hall–Kier alpha value is -1.82. The molecule has 4 heterocycles. The first-order valence-electron chi connectivity index (χ1n) is 9.29. The largest absolute Gasteiger partial charge is 0.377 e. The summed E-state index contributed by atoms with van der Waals surface area (Å²) in [6.45, 7) is 7.55. The Kier molecular flexibility index (Phi) is 5.35. The van der Waals surface area contributed by atoms with Crippen LogP contribution in [-0.2, 0) is 11.3 Å². The van der Waals surface area contributed by atoms with Gasteiger partial charge in [0.05, 0.1) is 17.5 Å². The van der Waals surface area contributed by atoms with Crippen LogP contribution in [0.3, 0.4) is 0 Å². The minimum Gasteiger partial charge on any atom is -0.377 e. The molecule has 0 bridgehead atoms. The molecule has 0 aliphatic carbocycles. The van der Waals surface area contributed by atoms with Gasteiger partial charge in [0, 0.05) is 58.3 Å². The smallest absolute Gasteiger partial charge is 0.0886 e. The summed E-state index contributed by atoms with van der Waals surface area (Å²) in [4.78, 5) is 14.0. The number of rotatable bonds is 5. The predicted octanol–water partition coefficient (Wildman–Crippen LogP) is 2.44. The molecular weight excluding hydrogens is 312 g/mol. The zero-order valence-corrected chi connectivity index (χ0v) is 14.7. The lowest BCUT2D eigenvalue weighted by atomic mass is 10.2. The van der Waals surface area contributed by atoms with Gasteiger partial charge in [-0.3, -0.25) is 19.8 Å². The molecule has 2 fully saturated rings. The number of ether oxygens (including phenoxy) is 1. The van der Waals surface area contributed by atoms with E-state index in [1.54, 1.807) is 6.20 Å². The van der Waals surface area contributed by atoms with Crippen LogP contribution in [0, 0.1) is 0 Å². The van der Waals surface area contributed by atoms with E-state index in [1.165, 1.54) is 18.4 Å². The molecule has 2 aliphatic rings. The van der Waals surface area contributed by atoms with Gasteiger partial charge in [-0.2, -0.15) is 0 Å². The van der Waals surface area contributed by atoms with Crippen LogP contribution in [0.5, 0.6) is 0 Å². The minimum absolute atomic E-state index is 0.467. The van der Waals surface area contributed by atoms with Crippen molar-refractivity contribution in [2.45, 2.75) is 25.5 Å². The summed E-state index contributed by atoms with van der Waals surface area (Å²) in [5, 5.41) is 0. The van der Waals surface area contributed by atoms with Crippen LogP contribution in [0.4, 0.5) is 0 Å². The van der Waals surface area contributed by atoms with E-state index in [-0.39, 0.29) is 0 Å². The Bertz CT molecular complexity index is 647. The Labute approximate surface area is 149 Å². The first-order chi connectivity index (χ1) is 12.4. The summed E-state index contributed by atoms with van der Waals surface area (Å²) < 4.78 is 5.76. The maximum absolute atomic E-state index is 5.76. The molecular formula is C20H26N4O. The summed E-state index contributed by atoms with van der Waals surface area (Å²) in [7, 11) is 0. The van der Waals surface area contributed by atoms with Gasteiger partial charge in [0.25, 0.3) is 0 Å². The third kappa shape index (κ3) is 4.42. The van der Waals surface area contributed by atoms with E-state index in [0.29, 0.717) is 6.10 Å². The van der Waals surface area contributed by atoms with Crippen molar-refractivity contribution < 1.29 is 4.74 Å². The van der Waals surface area contributed by atoms with E-state index in [2.05, 4.69) is 31.9 Å². The van der Waals surface area contributed by atoms with Gasteiger partial charge in [0.15, 0.2) is 0 Å².